The maximum Gasteiger partial charge on any atom is 0.328 e. The van der Waals surface area contributed by atoms with Gasteiger partial charge in [0, 0.05) is 6.42 Å². The average Bonchev–Trinajstić information content (AvgIpc) is 2.49. The molecule has 0 saturated carbocycles. The predicted octanol–water partition coefficient (Wildman–Crippen LogP) is 2.63. The summed E-state index contributed by atoms with van der Waals surface area (Å²) >= 11 is 0. The van der Waals surface area contributed by atoms with Gasteiger partial charge < -0.3 is 10.1 Å². The Balaban J connectivity index is 2.51. The number of hydrogen-bond acceptors (Lipinski definition) is 3. The van der Waals surface area contributed by atoms with Crippen LogP contribution in [0.5, 0.6) is 0 Å². The Bertz CT molecular complexity index is 490. The van der Waals surface area contributed by atoms with Crippen molar-refractivity contribution < 1.29 is 14.3 Å². The standard InChI is InChI=1S/C17H23NO3/c1-13(2)9-11-15(17(20)21-3)18-16(19)12-10-14-7-5-4-6-8-14/h4-9,15H,10-12H2,1-3H3,(H,18,19)/t15-/m1/s1. The minimum absolute atomic E-state index is 0.142. The zero-order valence-corrected chi connectivity index (χ0v) is 12.9. The van der Waals surface area contributed by atoms with Crippen molar-refractivity contribution in [3.8, 4) is 0 Å². The first-order chi connectivity index (χ1) is 10.0. The van der Waals surface area contributed by atoms with E-state index in [1.807, 2.05) is 50.3 Å². The van der Waals surface area contributed by atoms with Crippen LogP contribution in [0.1, 0.15) is 32.3 Å². The monoisotopic (exact) mass is 289 g/mol. The van der Waals surface area contributed by atoms with E-state index < -0.39 is 12.0 Å². The van der Waals surface area contributed by atoms with E-state index in [0.717, 1.165) is 11.1 Å². The molecule has 1 atom stereocenters. The fourth-order valence-corrected chi connectivity index (χ4v) is 1.88. The fraction of sp³-hybridized carbons (Fsp3) is 0.412. The van der Waals surface area contributed by atoms with Crippen LogP contribution >= 0.6 is 0 Å². The molecule has 0 saturated heterocycles. The number of amides is 1. The topological polar surface area (TPSA) is 55.4 Å². The van der Waals surface area contributed by atoms with Crippen LogP contribution in [-0.4, -0.2) is 25.0 Å². The number of rotatable bonds is 7. The molecule has 1 aromatic rings. The summed E-state index contributed by atoms with van der Waals surface area (Å²) in [4.78, 5) is 23.6. The average molecular weight is 289 g/mol. The molecule has 0 bridgehead atoms. The van der Waals surface area contributed by atoms with E-state index in [4.69, 9.17) is 4.74 Å². The molecule has 0 fully saturated rings. The molecule has 1 amide bonds. The van der Waals surface area contributed by atoms with E-state index >= 15 is 0 Å². The lowest BCUT2D eigenvalue weighted by Crippen LogP contribution is -2.41. The van der Waals surface area contributed by atoms with Gasteiger partial charge in [-0.2, -0.15) is 0 Å². The third-order valence-electron chi connectivity index (χ3n) is 3.07. The minimum atomic E-state index is -0.617. The van der Waals surface area contributed by atoms with Crippen molar-refractivity contribution in [2.24, 2.45) is 0 Å². The van der Waals surface area contributed by atoms with Crippen LogP contribution in [0.15, 0.2) is 42.0 Å². The van der Waals surface area contributed by atoms with Gasteiger partial charge in [0.1, 0.15) is 6.04 Å². The third kappa shape index (κ3) is 6.75. The van der Waals surface area contributed by atoms with E-state index in [1.165, 1.54) is 7.11 Å². The Morgan fingerprint density at radius 1 is 1.24 bits per heavy atom. The van der Waals surface area contributed by atoms with Crippen LogP contribution in [0, 0.1) is 0 Å². The fourth-order valence-electron chi connectivity index (χ4n) is 1.88. The first-order valence-electron chi connectivity index (χ1n) is 7.07. The predicted molar refractivity (Wildman–Crippen MR) is 82.8 cm³/mol. The van der Waals surface area contributed by atoms with Gasteiger partial charge >= 0.3 is 5.97 Å². The molecule has 0 aromatic heterocycles. The second-order valence-electron chi connectivity index (χ2n) is 5.15. The largest absolute Gasteiger partial charge is 0.467 e. The molecule has 1 aromatic carbocycles. The number of aryl methyl sites for hydroxylation is 1. The van der Waals surface area contributed by atoms with Crippen molar-refractivity contribution >= 4 is 11.9 Å². The summed E-state index contributed by atoms with van der Waals surface area (Å²) < 4.78 is 4.73. The lowest BCUT2D eigenvalue weighted by molar-refractivity contribution is -0.145. The molecule has 21 heavy (non-hydrogen) atoms. The summed E-state index contributed by atoms with van der Waals surface area (Å²) in [6.07, 6.45) is 3.38. The van der Waals surface area contributed by atoms with Crippen molar-refractivity contribution in [3.63, 3.8) is 0 Å². The lowest BCUT2D eigenvalue weighted by Gasteiger charge is -2.15. The van der Waals surface area contributed by atoms with Crippen LogP contribution in [0.25, 0.3) is 0 Å². The zero-order valence-electron chi connectivity index (χ0n) is 12.9. The Morgan fingerprint density at radius 3 is 2.48 bits per heavy atom. The zero-order chi connectivity index (χ0) is 15.7. The summed E-state index contributed by atoms with van der Waals surface area (Å²) in [5, 5.41) is 2.74. The highest BCUT2D eigenvalue weighted by Gasteiger charge is 2.19. The van der Waals surface area contributed by atoms with Crippen LogP contribution in [0.3, 0.4) is 0 Å². The van der Waals surface area contributed by atoms with Gasteiger partial charge in [-0.3, -0.25) is 4.79 Å². The number of ether oxygens (including phenoxy) is 1. The first kappa shape index (κ1) is 17.0. The van der Waals surface area contributed by atoms with Gasteiger partial charge in [-0.15, -0.1) is 0 Å². The van der Waals surface area contributed by atoms with E-state index in [9.17, 15) is 9.59 Å². The van der Waals surface area contributed by atoms with Gasteiger partial charge in [0.2, 0.25) is 5.91 Å². The number of methoxy groups -OCH3 is 1. The quantitative estimate of drug-likeness (QED) is 0.620. The van der Waals surface area contributed by atoms with Crippen LogP contribution < -0.4 is 5.32 Å². The molecule has 114 valence electrons. The molecular weight excluding hydrogens is 266 g/mol. The molecule has 0 aliphatic heterocycles. The maximum atomic E-state index is 12.0. The van der Waals surface area contributed by atoms with Crippen molar-refractivity contribution in [3.05, 3.63) is 47.5 Å². The number of allylic oxidation sites excluding steroid dienone is 1. The molecule has 0 spiro atoms. The molecule has 0 aliphatic carbocycles. The van der Waals surface area contributed by atoms with Gasteiger partial charge in [-0.25, -0.2) is 4.79 Å². The summed E-state index contributed by atoms with van der Waals surface area (Å²) in [6, 6.07) is 9.17. The molecule has 0 radical (unpaired) electrons. The van der Waals surface area contributed by atoms with E-state index in [-0.39, 0.29) is 5.91 Å². The Labute approximate surface area is 126 Å². The number of hydrogen-bond donors (Lipinski definition) is 1. The maximum absolute atomic E-state index is 12.0. The number of carbonyl (C=O) groups is 2. The molecule has 1 rings (SSSR count). The van der Waals surface area contributed by atoms with Crippen molar-refractivity contribution in [1.82, 2.24) is 5.32 Å². The SMILES string of the molecule is COC(=O)[C@@H](CC=C(C)C)NC(=O)CCc1ccccc1. The van der Waals surface area contributed by atoms with Crippen molar-refractivity contribution in [1.29, 1.82) is 0 Å². The molecule has 1 N–H and O–H groups in total. The number of nitrogens with one attached hydrogen (secondary N) is 1. The van der Waals surface area contributed by atoms with Crippen LogP contribution in [-0.2, 0) is 20.7 Å². The second-order valence-corrected chi connectivity index (χ2v) is 5.15. The highest BCUT2D eigenvalue weighted by atomic mass is 16.5. The Kier molecular flexibility index (Phi) is 7.23. The smallest absolute Gasteiger partial charge is 0.328 e. The molecule has 0 heterocycles. The second kappa shape index (κ2) is 8.95. The third-order valence-corrected chi connectivity index (χ3v) is 3.07. The minimum Gasteiger partial charge on any atom is -0.467 e. The van der Waals surface area contributed by atoms with Crippen LogP contribution in [0.2, 0.25) is 0 Å². The number of esters is 1. The summed E-state index contributed by atoms with van der Waals surface area (Å²) in [7, 11) is 1.33. The summed E-state index contributed by atoms with van der Waals surface area (Å²) in [5.74, 6) is -0.558. The van der Waals surface area contributed by atoms with Crippen LogP contribution in [0.4, 0.5) is 0 Å². The van der Waals surface area contributed by atoms with Gasteiger partial charge in [0.15, 0.2) is 0 Å². The van der Waals surface area contributed by atoms with Gasteiger partial charge in [-0.1, -0.05) is 42.0 Å². The number of benzene rings is 1. The van der Waals surface area contributed by atoms with Gasteiger partial charge in [-0.05, 0) is 32.3 Å². The Morgan fingerprint density at radius 2 is 1.90 bits per heavy atom. The lowest BCUT2D eigenvalue weighted by atomic mass is 10.1. The van der Waals surface area contributed by atoms with E-state index in [1.54, 1.807) is 0 Å². The molecule has 0 unspecified atom stereocenters. The van der Waals surface area contributed by atoms with Gasteiger partial charge in [0.25, 0.3) is 0 Å². The summed E-state index contributed by atoms with van der Waals surface area (Å²) in [6.45, 7) is 3.90. The molecule has 0 aliphatic rings. The van der Waals surface area contributed by atoms with Crippen molar-refractivity contribution in [2.45, 2.75) is 39.2 Å². The van der Waals surface area contributed by atoms with Gasteiger partial charge in [0.05, 0.1) is 7.11 Å². The van der Waals surface area contributed by atoms with Crippen molar-refractivity contribution in [2.75, 3.05) is 7.11 Å². The Hall–Kier alpha value is -2.10. The number of carbonyl (C=O) groups excluding carboxylic acids is 2. The van der Waals surface area contributed by atoms with E-state index in [0.29, 0.717) is 19.3 Å². The molecule has 4 nitrogen and oxygen atoms in total. The molecular formula is C17H23NO3. The first-order valence-corrected chi connectivity index (χ1v) is 7.07. The van der Waals surface area contributed by atoms with E-state index in [2.05, 4.69) is 5.32 Å². The summed E-state index contributed by atoms with van der Waals surface area (Å²) in [5.41, 5.74) is 2.20. The highest BCUT2D eigenvalue weighted by Crippen LogP contribution is 2.04. The normalized spacial score (nSPS) is 11.4. The molecule has 4 heteroatoms. The highest BCUT2D eigenvalue weighted by molar-refractivity contribution is 5.84.